The maximum absolute atomic E-state index is 6.22. The second kappa shape index (κ2) is 7.28. The van der Waals surface area contributed by atoms with E-state index in [2.05, 4.69) is 33.3 Å². The van der Waals surface area contributed by atoms with Crippen LogP contribution in [0.5, 0.6) is 0 Å². The summed E-state index contributed by atoms with van der Waals surface area (Å²) in [6.45, 7) is 0. The molecule has 0 fully saturated rings. The number of anilines is 1. The van der Waals surface area contributed by atoms with E-state index in [1.807, 2.05) is 56.0 Å². The molecule has 0 N–H and O–H groups in total. The normalized spacial score (nSPS) is 10.8. The molecule has 3 aromatic rings. The van der Waals surface area contributed by atoms with Crippen molar-refractivity contribution in [1.29, 1.82) is 0 Å². The van der Waals surface area contributed by atoms with Crippen molar-refractivity contribution in [2.45, 2.75) is 10.9 Å². The molecule has 0 saturated carbocycles. The van der Waals surface area contributed by atoms with Gasteiger partial charge in [-0.1, -0.05) is 53.7 Å². The van der Waals surface area contributed by atoms with Crippen molar-refractivity contribution in [2.75, 3.05) is 19.0 Å². The van der Waals surface area contributed by atoms with Gasteiger partial charge in [0, 0.05) is 43.2 Å². The van der Waals surface area contributed by atoms with Crippen LogP contribution in [0.4, 0.5) is 5.69 Å². The Morgan fingerprint density at radius 3 is 2.62 bits per heavy atom. The fourth-order valence-corrected chi connectivity index (χ4v) is 3.57. The lowest BCUT2D eigenvalue weighted by molar-refractivity contribution is 0.794. The first-order chi connectivity index (χ1) is 11.6. The van der Waals surface area contributed by atoms with E-state index >= 15 is 0 Å². The minimum atomic E-state index is 0.767. The SMILES string of the molecule is CN(C)c1cccc(-c2nnc(SCc3ccccc3Cl)n2C)c1. The summed E-state index contributed by atoms with van der Waals surface area (Å²) < 4.78 is 2.02. The second-order valence-corrected chi connectivity index (χ2v) is 7.04. The third kappa shape index (κ3) is 3.57. The van der Waals surface area contributed by atoms with Crippen molar-refractivity contribution in [3.8, 4) is 11.4 Å². The lowest BCUT2D eigenvalue weighted by Gasteiger charge is -2.13. The molecule has 0 saturated heterocycles. The molecule has 1 heterocycles. The molecule has 0 radical (unpaired) electrons. The molecule has 3 rings (SSSR count). The number of halogens is 1. The summed E-state index contributed by atoms with van der Waals surface area (Å²) in [6, 6.07) is 16.2. The van der Waals surface area contributed by atoms with E-state index in [1.165, 1.54) is 0 Å². The lowest BCUT2D eigenvalue weighted by atomic mass is 10.2. The van der Waals surface area contributed by atoms with Gasteiger partial charge in [-0.15, -0.1) is 10.2 Å². The highest BCUT2D eigenvalue weighted by Crippen LogP contribution is 2.28. The Hall–Kier alpha value is -1.98. The highest BCUT2D eigenvalue weighted by molar-refractivity contribution is 7.98. The van der Waals surface area contributed by atoms with Crippen molar-refractivity contribution in [2.24, 2.45) is 7.05 Å². The number of benzene rings is 2. The fraction of sp³-hybridized carbons (Fsp3) is 0.222. The Balaban J connectivity index is 1.81. The smallest absolute Gasteiger partial charge is 0.191 e. The van der Waals surface area contributed by atoms with Gasteiger partial charge in [-0.05, 0) is 23.8 Å². The van der Waals surface area contributed by atoms with Crippen LogP contribution in [0, 0.1) is 0 Å². The molecular formula is C18H19ClN4S. The van der Waals surface area contributed by atoms with Gasteiger partial charge < -0.3 is 9.47 Å². The van der Waals surface area contributed by atoms with E-state index in [-0.39, 0.29) is 0 Å². The topological polar surface area (TPSA) is 34.0 Å². The average Bonchev–Trinajstić information content (AvgIpc) is 2.95. The number of thioether (sulfide) groups is 1. The zero-order valence-corrected chi connectivity index (χ0v) is 15.5. The molecule has 4 nitrogen and oxygen atoms in total. The fourth-order valence-electron chi connectivity index (χ4n) is 2.37. The van der Waals surface area contributed by atoms with Gasteiger partial charge in [0.1, 0.15) is 0 Å². The molecule has 0 amide bonds. The van der Waals surface area contributed by atoms with Gasteiger partial charge in [-0.25, -0.2) is 0 Å². The van der Waals surface area contributed by atoms with Gasteiger partial charge in [0.25, 0.3) is 0 Å². The molecule has 0 aliphatic carbocycles. The zero-order chi connectivity index (χ0) is 17.1. The Kier molecular flexibility index (Phi) is 5.11. The summed E-state index contributed by atoms with van der Waals surface area (Å²) in [7, 11) is 6.05. The van der Waals surface area contributed by atoms with Gasteiger partial charge in [-0.2, -0.15) is 0 Å². The van der Waals surface area contributed by atoms with Gasteiger partial charge in [0.2, 0.25) is 0 Å². The van der Waals surface area contributed by atoms with Crippen molar-refractivity contribution in [1.82, 2.24) is 14.8 Å². The van der Waals surface area contributed by atoms with Crippen LogP contribution >= 0.6 is 23.4 Å². The van der Waals surface area contributed by atoms with Crippen LogP contribution in [0.25, 0.3) is 11.4 Å². The maximum Gasteiger partial charge on any atom is 0.191 e. The van der Waals surface area contributed by atoms with Crippen molar-refractivity contribution in [3.05, 3.63) is 59.1 Å². The zero-order valence-electron chi connectivity index (χ0n) is 13.9. The molecule has 0 bridgehead atoms. The van der Waals surface area contributed by atoms with Crippen LogP contribution in [0.15, 0.2) is 53.7 Å². The number of rotatable bonds is 5. The Labute approximate surface area is 151 Å². The molecular weight excluding hydrogens is 340 g/mol. The molecule has 2 aromatic carbocycles. The van der Waals surface area contributed by atoms with Gasteiger partial charge in [-0.3, -0.25) is 0 Å². The largest absolute Gasteiger partial charge is 0.378 e. The molecule has 1 aromatic heterocycles. The molecule has 0 unspecified atom stereocenters. The van der Waals surface area contributed by atoms with E-state index in [0.717, 1.165) is 38.6 Å². The van der Waals surface area contributed by atoms with E-state index in [0.29, 0.717) is 0 Å². The Morgan fingerprint density at radius 2 is 1.88 bits per heavy atom. The van der Waals surface area contributed by atoms with E-state index < -0.39 is 0 Å². The summed E-state index contributed by atoms with van der Waals surface area (Å²) in [5.41, 5.74) is 3.30. The molecule has 0 aliphatic heterocycles. The van der Waals surface area contributed by atoms with Gasteiger partial charge in [0.05, 0.1) is 0 Å². The number of aromatic nitrogens is 3. The second-order valence-electron chi connectivity index (χ2n) is 5.69. The molecule has 0 atom stereocenters. The summed E-state index contributed by atoms with van der Waals surface area (Å²) in [5.74, 6) is 1.63. The predicted molar refractivity (Wildman–Crippen MR) is 102 cm³/mol. The minimum absolute atomic E-state index is 0.767. The minimum Gasteiger partial charge on any atom is -0.378 e. The third-order valence-corrected chi connectivity index (χ3v) is 5.21. The van der Waals surface area contributed by atoms with Crippen LogP contribution in [0.3, 0.4) is 0 Å². The summed E-state index contributed by atoms with van der Waals surface area (Å²) in [6.07, 6.45) is 0. The number of nitrogens with zero attached hydrogens (tertiary/aromatic N) is 4. The standard InChI is InChI=1S/C18H19ClN4S/c1-22(2)15-9-6-8-13(11-15)17-20-21-18(23(17)3)24-12-14-7-4-5-10-16(14)19/h4-11H,12H2,1-3H3. The number of hydrogen-bond donors (Lipinski definition) is 0. The maximum atomic E-state index is 6.22. The van der Waals surface area contributed by atoms with Gasteiger partial charge >= 0.3 is 0 Å². The Morgan fingerprint density at radius 1 is 1.08 bits per heavy atom. The summed E-state index contributed by atoms with van der Waals surface area (Å²) in [5, 5.41) is 10.4. The van der Waals surface area contributed by atoms with Crippen LogP contribution in [-0.2, 0) is 12.8 Å². The van der Waals surface area contributed by atoms with Crippen LogP contribution in [-0.4, -0.2) is 28.9 Å². The van der Waals surface area contributed by atoms with Crippen LogP contribution < -0.4 is 4.90 Å². The monoisotopic (exact) mass is 358 g/mol. The molecule has 124 valence electrons. The highest BCUT2D eigenvalue weighted by atomic mass is 35.5. The van der Waals surface area contributed by atoms with Crippen molar-refractivity contribution >= 4 is 29.1 Å². The third-order valence-electron chi connectivity index (χ3n) is 3.77. The van der Waals surface area contributed by atoms with E-state index in [4.69, 9.17) is 11.6 Å². The van der Waals surface area contributed by atoms with Crippen molar-refractivity contribution < 1.29 is 0 Å². The quantitative estimate of drug-likeness (QED) is 0.629. The molecule has 24 heavy (non-hydrogen) atoms. The first kappa shape index (κ1) is 16.9. The summed E-state index contributed by atoms with van der Waals surface area (Å²) in [4.78, 5) is 2.08. The highest BCUT2D eigenvalue weighted by Gasteiger charge is 2.12. The van der Waals surface area contributed by atoms with Crippen molar-refractivity contribution in [3.63, 3.8) is 0 Å². The molecule has 0 spiro atoms. The van der Waals surface area contributed by atoms with Gasteiger partial charge in [0.15, 0.2) is 11.0 Å². The van der Waals surface area contributed by atoms with Crippen LogP contribution in [0.1, 0.15) is 5.56 Å². The lowest BCUT2D eigenvalue weighted by Crippen LogP contribution is -2.08. The Bertz CT molecular complexity index is 845. The molecule has 6 heteroatoms. The summed E-state index contributed by atoms with van der Waals surface area (Å²) >= 11 is 7.85. The molecule has 0 aliphatic rings. The first-order valence-electron chi connectivity index (χ1n) is 7.59. The van der Waals surface area contributed by atoms with E-state index in [1.54, 1.807) is 11.8 Å². The predicted octanol–water partition coefficient (Wildman–Crippen LogP) is 4.49. The average molecular weight is 359 g/mol. The number of hydrogen-bond acceptors (Lipinski definition) is 4. The van der Waals surface area contributed by atoms with Crippen LogP contribution in [0.2, 0.25) is 5.02 Å². The van der Waals surface area contributed by atoms with E-state index in [9.17, 15) is 0 Å². The first-order valence-corrected chi connectivity index (χ1v) is 8.96.